The second kappa shape index (κ2) is 6.46. The van der Waals surface area contributed by atoms with Gasteiger partial charge in [-0.3, -0.25) is 10.1 Å². The number of rotatable bonds is 2. The monoisotopic (exact) mass is 422 g/mol. The minimum absolute atomic E-state index is 0.118. The van der Waals surface area contributed by atoms with Crippen molar-refractivity contribution in [2.45, 2.75) is 24.8 Å². The minimum Gasteiger partial charge on any atom is -0.497 e. The number of carbonyl (C=O) groups excluding carboxylic acids is 2. The van der Waals surface area contributed by atoms with Crippen LogP contribution in [0.5, 0.6) is 5.75 Å². The molecular weight excluding hydrogens is 410 g/mol. The zero-order valence-corrected chi connectivity index (χ0v) is 14.7. The van der Waals surface area contributed by atoms with Crippen LogP contribution in [0.25, 0.3) is 0 Å². The fourth-order valence-corrected chi connectivity index (χ4v) is 3.18. The molecule has 3 rings (SSSR count). The van der Waals surface area contributed by atoms with E-state index in [1.807, 2.05) is 0 Å². The zero-order valence-electron chi connectivity index (χ0n) is 14.7. The maximum absolute atomic E-state index is 13.8. The number of imide groups is 1. The van der Waals surface area contributed by atoms with Crippen molar-refractivity contribution in [1.82, 2.24) is 5.32 Å². The Morgan fingerprint density at radius 2 is 1.62 bits per heavy atom. The molecule has 156 valence electrons. The molecule has 7 nitrogen and oxygen atoms in total. The van der Waals surface area contributed by atoms with E-state index in [1.165, 1.54) is 36.7 Å². The van der Waals surface area contributed by atoms with Crippen LogP contribution in [0.4, 0.5) is 36.8 Å². The minimum atomic E-state index is -6.00. The summed E-state index contributed by atoms with van der Waals surface area (Å²) in [5, 5.41) is 1.54. The largest absolute Gasteiger partial charge is 0.497 e. The van der Waals surface area contributed by atoms with Gasteiger partial charge in [0, 0.05) is 0 Å². The van der Waals surface area contributed by atoms with E-state index in [9.17, 15) is 35.9 Å². The quantitative estimate of drug-likeness (QED) is 0.744. The Hall–Kier alpha value is -3.12. The first-order chi connectivity index (χ1) is 13.3. The van der Waals surface area contributed by atoms with E-state index < -0.39 is 47.4 Å². The van der Waals surface area contributed by atoms with Gasteiger partial charge >= 0.3 is 18.4 Å². The highest BCUT2D eigenvalue weighted by Gasteiger charge is 2.79. The number of methoxy groups -OCH3 is 1. The van der Waals surface area contributed by atoms with Gasteiger partial charge in [-0.25, -0.2) is 19.7 Å². The summed E-state index contributed by atoms with van der Waals surface area (Å²) >= 11 is 0. The molecule has 1 saturated heterocycles. The first kappa shape index (κ1) is 20.6. The molecule has 2 heterocycles. The van der Waals surface area contributed by atoms with Crippen LogP contribution in [-0.2, 0) is 4.79 Å². The number of amides is 3. The van der Waals surface area contributed by atoms with Crippen molar-refractivity contribution >= 4 is 29.3 Å². The van der Waals surface area contributed by atoms with Gasteiger partial charge in [-0.05, 0) is 31.2 Å². The normalized spacial score (nSPS) is 21.8. The van der Waals surface area contributed by atoms with E-state index in [4.69, 9.17) is 4.74 Å². The highest BCUT2D eigenvalue weighted by Crippen LogP contribution is 2.53. The molecule has 3 amide bonds. The molecule has 13 heteroatoms. The molecule has 1 aromatic rings. The standard InChI is InChI=1S/C16H12F6N4O3/c1-7-23-11-10(14(25-7,15(17,18)19)16(20,21)22)12(27)24-13(28)26(11)8-3-5-9(29-2)6-4-8/h3-6,10H,1-2H3,(H,24,27,28). The van der Waals surface area contributed by atoms with E-state index in [-0.39, 0.29) is 5.69 Å². The van der Waals surface area contributed by atoms with Crippen LogP contribution >= 0.6 is 0 Å². The Balaban J connectivity index is 2.25. The van der Waals surface area contributed by atoms with Crippen molar-refractivity contribution in [3.8, 4) is 5.75 Å². The predicted octanol–water partition coefficient (Wildman–Crippen LogP) is 3.06. The number of urea groups is 1. The predicted molar refractivity (Wildman–Crippen MR) is 87.9 cm³/mol. The summed E-state index contributed by atoms with van der Waals surface area (Å²) in [4.78, 5) is 31.3. The third-order valence-corrected chi connectivity index (χ3v) is 4.41. The van der Waals surface area contributed by atoms with Crippen LogP contribution in [0.2, 0.25) is 0 Å². The molecule has 1 aromatic carbocycles. The Kier molecular flexibility index (Phi) is 4.59. The van der Waals surface area contributed by atoms with Crippen LogP contribution in [0.15, 0.2) is 34.3 Å². The number of amidine groups is 2. The number of nitrogens with one attached hydrogen (secondary N) is 1. The van der Waals surface area contributed by atoms with Gasteiger partial charge in [0.15, 0.2) is 0 Å². The summed E-state index contributed by atoms with van der Waals surface area (Å²) in [5.74, 6) is -6.34. The van der Waals surface area contributed by atoms with Gasteiger partial charge in [-0.2, -0.15) is 26.3 Å². The molecule has 0 aliphatic carbocycles. The summed E-state index contributed by atoms with van der Waals surface area (Å²) < 4.78 is 87.4. The Morgan fingerprint density at radius 3 is 2.10 bits per heavy atom. The van der Waals surface area contributed by atoms with E-state index in [0.717, 1.165) is 6.92 Å². The number of aliphatic imine (C=N–C) groups is 2. The molecule has 1 N–H and O–H groups in total. The van der Waals surface area contributed by atoms with Gasteiger partial charge in [-0.15, -0.1) is 0 Å². The number of halogens is 6. The molecule has 0 saturated carbocycles. The molecule has 2 aliphatic rings. The number of carbonyl (C=O) groups is 2. The van der Waals surface area contributed by atoms with Crippen molar-refractivity contribution in [3.05, 3.63) is 24.3 Å². The number of hydrogen-bond donors (Lipinski definition) is 1. The Labute approximate surface area is 159 Å². The highest BCUT2D eigenvalue weighted by atomic mass is 19.4. The second-order valence-electron chi connectivity index (χ2n) is 6.15. The topological polar surface area (TPSA) is 83.4 Å². The fourth-order valence-electron chi connectivity index (χ4n) is 3.18. The summed E-state index contributed by atoms with van der Waals surface area (Å²) in [6.45, 7) is 0.818. The third kappa shape index (κ3) is 3.00. The van der Waals surface area contributed by atoms with Crippen molar-refractivity contribution < 1.29 is 40.7 Å². The fraction of sp³-hybridized carbons (Fsp3) is 0.375. The van der Waals surface area contributed by atoms with Gasteiger partial charge in [0.1, 0.15) is 23.3 Å². The number of anilines is 1. The Bertz CT molecular complexity index is 906. The van der Waals surface area contributed by atoms with E-state index >= 15 is 0 Å². The molecule has 0 radical (unpaired) electrons. The maximum Gasteiger partial charge on any atom is 0.423 e. The van der Waals surface area contributed by atoms with Crippen LogP contribution < -0.4 is 15.0 Å². The second-order valence-corrected chi connectivity index (χ2v) is 6.15. The summed E-state index contributed by atoms with van der Waals surface area (Å²) in [5.41, 5.74) is -4.91. The van der Waals surface area contributed by atoms with E-state index in [0.29, 0.717) is 10.6 Å². The lowest BCUT2D eigenvalue weighted by Gasteiger charge is -2.45. The smallest absolute Gasteiger partial charge is 0.423 e. The van der Waals surface area contributed by atoms with E-state index in [1.54, 1.807) is 0 Å². The number of alkyl halides is 6. The molecule has 1 fully saturated rings. The van der Waals surface area contributed by atoms with E-state index in [2.05, 4.69) is 9.98 Å². The number of nitrogens with zero attached hydrogens (tertiary/aromatic N) is 3. The van der Waals surface area contributed by atoms with Crippen LogP contribution in [-0.4, -0.2) is 48.6 Å². The lowest BCUT2D eigenvalue weighted by molar-refractivity contribution is -0.302. The number of ether oxygens (including phenoxy) is 1. The van der Waals surface area contributed by atoms with Crippen molar-refractivity contribution in [3.63, 3.8) is 0 Å². The van der Waals surface area contributed by atoms with Crippen molar-refractivity contribution in [2.24, 2.45) is 15.9 Å². The molecule has 1 unspecified atom stereocenters. The average molecular weight is 422 g/mol. The van der Waals surface area contributed by atoms with Crippen LogP contribution in [0.3, 0.4) is 0 Å². The lowest BCUT2D eigenvalue weighted by atomic mass is 9.78. The molecular formula is C16H12F6N4O3. The van der Waals surface area contributed by atoms with Gasteiger partial charge in [0.05, 0.1) is 12.8 Å². The molecule has 0 aromatic heterocycles. The molecule has 0 bridgehead atoms. The van der Waals surface area contributed by atoms with Gasteiger partial charge in [0.2, 0.25) is 5.91 Å². The van der Waals surface area contributed by atoms with Crippen molar-refractivity contribution in [2.75, 3.05) is 12.0 Å². The first-order valence-electron chi connectivity index (χ1n) is 7.91. The van der Waals surface area contributed by atoms with Crippen molar-refractivity contribution in [1.29, 1.82) is 0 Å². The summed E-state index contributed by atoms with van der Waals surface area (Å²) in [6.07, 6.45) is -12.0. The van der Waals surface area contributed by atoms with Gasteiger partial charge < -0.3 is 4.74 Å². The third-order valence-electron chi connectivity index (χ3n) is 4.41. The average Bonchev–Trinajstić information content (AvgIpc) is 2.59. The summed E-state index contributed by atoms with van der Waals surface area (Å²) in [6, 6.07) is 3.86. The number of benzene rings is 1. The van der Waals surface area contributed by atoms with Gasteiger partial charge in [-0.1, -0.05) is 0 Å². The maximum atomic E-state index is 13.8. The zero-order chi connectivity index (χ0) is 21.8. The molecule has 0 spiro atoms. The molecule has 1 atom stereocenters. The first-order valence-corrected chi connectivity index (χ1v) is 7.91. The lowest BCUT2D eigenvalue weighted by Crippen LogP contribution is -2.73. The van der Waals surface area contributed by atoms with Crippen LogP contribution in [0.1, 0.15) is 6.92 Å². The number of hydrogen-bond acceptors (Lipinski definition) is 5. The number of fused-ring (bicyclic) bond motifs is 1. The summed E-state index contributed by atoms with van der Waals surface area (Å²) in [7, 11) is 1.34. The highest BCUT2D eigenvalue weighted by molar-refractivity contribution is 6.32. The molecule has 2 aliphatic heterocycles. The molecule has 29 heavy (non-hydrogen) atoms. The van der Waals surface area contributed by atoms with Gasteiger partial charge in [0.25, 0.3) is 5.54 Å². The van der Waals surface area contributed by atoms with Crippen LogP contribution in [0, 0.1) is 5.92 Å². The SMILES string of the molecule is COc1ccc(N2C(=O)NC(=O)C3C2=NC(C)=NC3(C(F)(F)F)C(F)(F)F)cc1. The Morgan fingerprint density at radius 1 is 1.07 bits per heavy atom.